The second-order valence-electron chi connectivity index (χ2n) is 5.66. The molecule has 0 aromatic heterocycles. The van der Waals surface area contributed by atoms with Crippen LogP contribution in [0.3, 0.4) is 0 Å². The second kappa shape index (κ2) is 5.50. The van der Waals surface area contributed by atoms with Crippen LogP contribution in [0.2, 0.25) is 0 Å². The van der Waals surface area contributed by atoms with Crippen LogP contribution >= 0.6 is 0 Å². The molecule has 0 aliphatic heterocycles. The fraction of sp³-hybridized carbons (Fsp3) is 0.500. The lowest BCUT2D eigenvalue weighted by atomic mass is 9.75. The van der Waals surface area contributed by atoms with Crippen molar-refractivity contribution in [1.29, 1.82) is 0 Å². The van der Waals surface area contributed by atoms with Gasteiger partial charge in [-0.2, -0.15) is 0 Å². The average Bonchev–Trinajstić information content (AvgIpc) is 2.21. The van der Waals surface area contributed by atoms with Crippen molar-refractivity contribution in [3.63, 3.8) is 0 Å². The van der Waals surface area contributed by atoms with E-state index < -0.39 is 0 Å². The smallest absolute Gasteiger partial charge is 0.0326 e. The number of hydrogen-bond acceptors (Lipinski definition) is 1. The van der Waals surface area contributed by atoms with Gasteiger partial charge in [0.05, 0.1) is 0 Å². The van der Waals surface area contributed by atoms with Gasteiger partial charge in [0.2, 0.25) is 0 Å². The average molecular weight is 231 g/mol. The number of hydrogen-bond donors (Lipinski definition) is 1. The summed E-state index contributed by atoms with van der Waals surface area (Å²) in [5.41, 5.74) is 4.18. The van der Waals surface area contributed by atoms with Crippen LogP contribution in [0.4, 0.5) is 0 Å². The molecular weight excluding hydrogens is 206 g/mol. The number of aryl methyl sites for hydroxylation is 1. The molecule has 0 amide bonds. The molecule has 1 heteroatoms. The van der Waals surface area contributed by atoms with Gasteiger partial charge in [0.15, 0.2) is 0 Å². The minimum atomic E-state index is 0.173. The summed E-state index contributed by atoms with van der Waals surface area (Å²) in [7, 11) is 2.01. The maximum atomic E-state index is 4.09. The van der Waals surface area contributed by atoms with Gasteiger partial charge in [0.1, 0.15) is 0 Å². The summed E-state index contributed by atoms with van der Waals surface area (Å²) in [5, 5.41) is 3.38. The van der Waals surface area contributed by atoms with E-state index in [4.69, 9.17) is 0 Å². The molecule has 1 unspecified atom stereocenters. The van der Waals surface area contributed by atoms with E-state index in [1.807, 2.05) is 7.05 Å². The Hall–Kier alpha value is -1.08. The van der Waals surface area contributed by atoms with E-state index in [-0.39, 0.29) is 5.41 Å². The standard InChI is InChI=1S/C16H25N/c1-12(2)15(17-6)16(4,5)11-14-10-8-7-9-13(14)3/h7-10,15,17H,1,11H2,2-6H3. The van der Waals surface area contributed by atoms with Gasteiger partial charge in [-0.25, -0.2) is 0 Å². The molecule has 1 atom stereocenters. The molecule has 1 aromatic rings. The molecule has 0 aliphatic rings. The Labute approximate surface area is 106 Å². The number of rotatable bonds is 5. The lowest BCUT2D eigenvalue weighted by Gasteiger charge is -2.35. The third kappa shape index (κ3) is 3.44. The van der Waals surface area contributed by atoms with Crippen molar-refractivity contribution in [2.24, 2.45) is 5.41 Å². The highest BCUT2D eigenvalue weighted by Gasteiger charge is 2.29. The Morgan fingerprint density at radius 1 is 1.35 bits per heavy atom. The van der Waals surface area contributed by atoms with Gasteiger partial charge in [-0.1, -0.05) is 50.3 Å². The largest absolute Gasteiger partial charge is 0.313 e. The van der Waals surface area contributed by atoms with Crippen LogP contribution in [0, 0.1) is 12.3 Å². The fourth-order valence-corrected chi connectivity index (χ4v) is 2.71. The van der Waals surface area contributed by atoms with Crippen molar-refractivity contribution >= 4 is 0 Å². The van der Waals surface area contributed by atoms with Gasteiger partial charge >= 0.3 is 0 Å². The topological polar surface area (TPSA) is 12.0 Å². The quantitative estimate of drug-likeness (QED) is 0.761. The Kier molecular flexibility index (Phi) is 4.53. The van der Waals surface area contributed by atoms with E-state index in [9.17, 15) is 0 Å². The Bertz CT molecular complexity index is 390. The van der Waals surface area contributed by atoms with Crippen LogP contribution in [0.1, 0.15) is 31.9 Å². The zero-order chi connectivity index (χ0) is 13.1. The highest BCUT2D eigenvalue weighted by molar-refractivity contribution is 5.27. The predicted octanol–water partition coefficient (Wildman–Crippen LogP) is 3.73. The van der Waals surface area contributed by atoms with Crippen LogP contribution in [-0.4, -0.2) is 13.1 Å². The van der Waals surface area contributed by atoms with Crippen LogP contribution in [0.15, 0.2) is 36.4 Å². The zero-order valence-electron chi connectivity index (χ0n) is 11.8. The molecule has 94 valence electrons. The van der Waals surface area contributed by atoms with Crippen molar-refractivity contribution in [2.45, 2.75) is 40.2 Å². The van der Waals surface area contributed by atoms with Crippen molar-refractivity contribution < 1.29 is 0 Å². The van der Waals surface area contributed by atoms with E-state index in [1.54, 1.807) is 0 Å². The summed E-state index contributed by atoms with van der Waals surface area (Å²) in [5.74, 6) is 0. The summed E-state index contributed by atoms with van der Waals surface area (Å²) in [6, 6.07) is 8.97. The van der Waals surface area contributed by atoms with Gasteiger partial charge < -0.3 is 5.32 Å². The van der Waals surface area contributed by atoms with Gasteiger partial charge in [-0.15, -0.1) is 0 Å². The van der Waals surface area contributed by atoms with Crippen LogP contribution in [0.25, 0.3) is 0 Å². The predicted molar refractivity (Wildman–Crippen MR) is 76.3 cm³/mol. The second-order valence-corrected chi connectivity index (χ2v) is 5.66. The number of likely N-dealkylation sites (N-methyl/N-ethyl adjacent to an activating group) is 1. The van der Waals surface area contributed by atoms with E-state index in [0.29, 0.717) is 6.04 Å². The molecule has 1 N–H and O–H groups in total. The summed E-state index contributed by atoms with van der Waals surface area (Å²) >= 11 is 0. The van der Waals surface area contributed by atoms with Gasteiger partial charge in [-0.3, -0.25) is 0 Å². The summed E-state index contributed by atoms with van der Waals surface area (Å²) < 4.78 is 0. The first-order valence-electron chi connectivity index (χ1n) is 6.25. The number of nitrogens with one attached hydrogen (secondary N) is 1. The van der Waals surface area contributed by atoms with E-state index in [0.717, 1.165) is 6.42 Å². The molecule has 0 fully saturated rings. The molecule has 0 saturated carbocycles. The minimum Gasteiger partial charge on any atom is -0.313 e. The molecule has 17 heavy (non-hydrogen) atoms. The fourth-order valence-electron chi connectivity index (χ4n) is 2.71. The first kappa shape index (κ1) is 14.0. The lowest BCUT2D eigenvalue weighted by molar-refractivity contribution is 0.280. The summed E-state index contributed by atoms with van der Waals surface area (Å²) in [4.78, 5) is 0. The van der Waals surface area contributed by atoms with E-state index in [1.165, 1.54) is 16.7 Å². The van der Waals surface area contributed by atoms with Crippen molar-refractivity contribution in [2.75, 3.05) is 7.05 Å². The Morgan fingerprint density at radius 2 is 1.94 bits per heavy atom. The van der Waals surface area contributed by atoms with Crippen molar-refractivity contribution in [3.8, 4) is 0 Å². The zero-order valence-corrected chi connectivity index (χ0v) is 11.8. The molecular formula is C16H25N. The third-order valence-electron chi connectivity index (χ3n) is 3.47. The maximum absolute atomic E-state index is 4.09. The molecule has 0 spiro atoms. The molecule has 0 aliphatic carbocycles. The molecule has 0 saturated heterocycles. The minimum absolute atomic E-state index is 0.173. The molecule has 1 aromatic carbocycles. The molecule has 1 nitrogen and oxygen atoms in total. The van der Waals surface area contributed by atoms with E-state index >= 15 is 0 Å². The molecule has 1 rings (SSSR count). The van der Waals surface area contributed by atoms with Gasteiger partial charge in [0.25, 0.3) is 0 Å². The van der Waals surface area contributed by atoms with Crippen molar-refractivity contribution in [3.05, 3.63) is 47.5 Å². The monoisotopic (exact) mass is 231 g/mol. The normalized spacial score (nSPS) is 13.5. The Balaban J connectivity index is 2.92. The first-order chi connectivity index (χ1) is 7.88. The first-order valence-corrected chi connectivity index (χ1v) is 6.25. The van der Waals surface area contributed by atoms with Crippen molar-refractivity contribution in [1.82, 2.24) is 5.32 Å². The highest BCUT2D eigenvalue weighted by atomic mass is 14.9. The van der Waals surface area contributed by atoms with Crippen LogP contribution in [-0.2, 0) is 6.42 Å². The van der Waals surface area contributed by atoms with E-state index in [2.05, 4.69) is 63.9 Å². The number of benzene rings is 1. The van der Waals surface area contributed by atoms with Crippen LogP contribution < -0.4 is 5.32 Å². The third-order valence-corrected chi connectivity index (χ3v) is 3.47. The van der Waals surface area contributed by atoms with Crippen LogP contribution in [0.5, 0.6) is 0 Å². The highest BCUT2D eigenvalue weighted by Crippen LogP contribution is 2.30. The van der Waals surface area contributed by atoms with Gasteiger partial charge in [0, 0.05) is 6.04 Å². The molecule has 0 radical (unpaired) electrons. The molecule has 0 bridgehead atoms. The SMILES string of the molecule is C=C(C)C(NC)C(C)(C)Cc1ccccc1C. The summed E-state index contributed by atoms with van der Waals surface area (Å²) in [6.07, 6.45) is 1.07. The maximum Gasteiger partial charge on any atom is 0.0326 e. The lowest BCUT2D eigenvalue weighted by Crippen LogP contribution is -2.42. The molecule has 0 heterocycles. The Morgan fingerprint density at radius 3 is 2.41 bits per heavy atom. The summed E-state index contributed by atoms with van der Waals surface area (Å²) in [6.45, 7) is 13.0. The van der Waals surface area contributed by atoms with Gasteiger partial charge in [-0.05, 0) is 43.9 Å².